The molecule has 11 heteroatoms. The molecule has 1 amide bonds. The van der Waals surface area contributed by atoms with Crippen molar-refractivity contribution in [1.82, 2.24) is 24.2 Å². The summed E-state index contributed by atoms with van der Waals surface area (Å²) in [7, 11) is -3.25. The summed E-state index contributed by atoms with van der Waals surface area (Å²) in [5.74, 6) is 1.35. The zero-order valence-electron chi connectivity index (χ0n) is 19.7. The van der Waals surface area contributed by atoms with E-state index in [9.17, 15) is 13.2 Å². The maximum Gasteiger partial charge on any atom is 0.222 e. The topological polar surface area (TPSA) is 132 Å². The predicted octanol–water partition coefficient (Wildman–Crippen LogP) is 1.81. The van der Waals surface area contributed by atoms with Crippen LogP contribution < -0.4 is 10.5 Å². The first-order valence-electron chi connectivity index (χ1n) is 11.6. The number of pyridine rings is 1. The Morgan fingerprint density at radius 1 is 1.24 bits per heavy atom. The highest BCUT2D eigenvalue weighted by molar-refractivity contribution is 7.88. The summed E-state index contributed by atoms with van der Waals surface area (Å²) >= 11 is 0. The molecule has 1 saturated heterocycles. The van der Waals surface area contributed by atoms with Gasteiger partial charge in [-0.1, -0.05) is 6.07 Å². The van der Waals surface area contributed by atoms with Gasteiger partial charge in [-0.3, -0.25) is 4.79 Å². The van der Waals surface area contributed by atoms with Crippen molar-refractivity contribution in [2.75, 3.05) is 38.2 Å². The van der Waals surface area contributed by atoms with Gasteiger partial charge in [-0.25, -0.2) is 23.1 Å². The molecule has 0 atom stereocenters. The number of carbonyl (C=O) groups is 1. The lowest BCUT2D eigenvalue weighted by atomic mass is 10.1. The molecular weight excluding hydrogens is 456 g/mol. The third kappa shape index (κ3) is 5.48. The molecule has 10 nitrogen and oxygen atoms in total. The Hall–Kier alpha value is -2.76. The molecule has 2 aromatic heterocycles. The number of anilines is 1. The number of nitrogens with one attached hydrogen (secondary N) is 1. The number of aromatic nitrogens is 3. The van der Waals surface area contributed by atoms with Crippen LogP contribution in [0.15, 0.2) is 18.2 Å². The van der Waals surface area contributed by atoms with Crippen molar-refractivity contribution < 1.29 is 17.9 Å². The van der Waals surface area contributed by atoms with E-state index in [0.29, 0.717) is 57.0 Å². The van der Waals surface area contributed by atoms with Crippen LogP contribution in [0.2, 0.25) is 0 Å². The number of nitrogen functional groups attached to an aromatic ring is 1. The summed E-state index contributed by atoms with van der Waals surface area (Å²) in [5, 5.41) is 0.911. The van der Waals surface area contributed by atoms with Gasteiger partial charge in [0.2, 0.25) is 15.9 Å². The molecule has 1 aliphatic heterocycles. The fourth-order valence-corrected chi connectivity index (χ4v) is 4.92. The van der Waals surface area contributed by atoms with Crippen LogP contribution in [0.3, 0.4) is 0 Å². The standard InChI is InChI=1S/C23H32N6O4S/c1-3-33-15-19-27-21-22(29(19)13-5-12-28-11-4-6-20(28)30)17-14-16(9-10-25-34(2,31)32)7-8-18(17)26-23(21)24/h7-8,14,25H,3-6,9-13,15H2,1-2H3,(H2,24,26). The van der Waals surface area contributed by atoms with Crippen LogP contribution in [0, 0.1) is 0 Å². The van der Waals surface area contributed by atoms with Crippen LogP contribution in [0.5, 0.6) is 0 Å². The van der Waals surface area contributed by atoms with Gasteiger partial charge in [-0.05, 0) is 43.9 Å². The van der Waals surface area contributed by atoms with Gasteiger partial charge in [-0.2, -0.15) is 0 Å². The molecule has 1 fully saturated rings. The van der Waals surface area contributed by atoms with Crippen LogP contribution in [0.25, 0.3) is 21.9 Å². The highest BCUT2D eigenvalue weighted by Crippen LogP contribution is 2.30. The third-order valence-electron chi connectivity index (χ3n) is 6.04. The maximum absolute atomic E-state index is 12.0. The van der Waals surface area contributed by atoms with Crippen molar-refractivity contribution in [3.05, 3.63) is 29.6 Å². The van der Waals surface area contributed by atoms with E-state index in [2.05, 4.69) is 14.3 Å². The van der Waals surface area contributed by atoms with Gasteiger partial charge in [-0.15, -0.1) is 0 Å². The van der Waals surface area contributed by atoms with Gasteiger partial charge in [0.15, 0.2) is 5.82 Å². The summed E-state index contributed by atoms with van der Waals surface area (Å²) in [5.41, 5.74) is 9.55. The smallest absolute Gasteiger partial charge is 0.222 e. The quantitative estimate of drug-likeness (QED) is 0.421. The highest BCUT2D eigenvalue weighted by Gasteiger charge is 2.21. The van der Waals surface area contributed by atoms with Crippen molar-refractivity contribution >= 4 is 43.7 Å². The van der Waals surface area contributed by atoms with Crippen molar-refractivity contribution in [3.63, 3.8) is 0 Å². The average Bonchev–Trinajstić information content (AvgIpc) is 3.36. The van der Waals surface area contributed by atoms with Gasteiger partial charge in [0.1, 0.15) is 17.9 Å². The SMILES string of the molecule is CCOCc1nc2c(N)nc3ccc(CCNS(C)(=O)=O)cc3c2n1CCCN1CCCC1=O. The largest absolute Gasteiger partial charge is 0.382 e. The van der Waals surface area contributed by atoms with Crippen LogP contribution in [-0.2, 0) is 39.1 Å². The van der Waals surface area contributed by atoms with Crippen LogP contribution >= 0.6 is 0 Å². The number of nitrogens with two attached hydrogens (primary N) is 1. The number of benzene rings is 1. The number of likely N-dealkylation sites (tertiary alicyclic amines) is 1. The molecule has 0 saturated carbocycles. The molecular formula is C23H32N6O4S. The number of fused-ring (bicyclic) bond motifs is 3. The Morgan fingerprint density at radius 3 is 2.76 bits per heavy atom. The number of hydrogen-bond donors (Lipinski definition) is 2. The Balaban J connectivity index is 1.70. The van der Waals surface area contributed by atoms with E-state index in [1.54, 1.807) is 0 Å². The fraction of sp³-hybridized carbons (Fsp3) is 0.522. The van der Waals surface area contributed by atoms with Crippen molar-refractivity contribution in [2.45, 2.75) is 45.8 Å². The summed E-state index contributed by atoms with van der Waals surface area (Å²) in [6.07, 6.45) is 4.04. The first kappa shape index (κ1) is 24.4. The lowest BCUT2D eigenvalue weighted by molar-refractivity contribution is -0.127. The van der Waals surface area contributed by atoms with Gasteiger partial charge >= 0.3 is 0 Å². The van der Waals surface area contributed by atoms with Crippen molar-refractivity contribution in [3.8, 4) is 0 Å². The molecule has 184 valence electrons. The van der Waals surface area contributed by atoms with E-state index in [0.717, 1.165) is 53.4 Å². The lowest BCUT2D eigenvalue weighted by Crippen LogP contribution is -2.26. The molecule has 0 spiro atoms. The summed E-state index contributed by atoms with van der Waals surface area (Å²) < 4.78 is 33.2. The minimum absolute atomic E-state index is 0.219. The normalized spacial score (nSPS) is 14.6. The highest BCUT2D eigenvalue weighted by atomic mass is 32.2. The van der Waals surface area contributed by atoms with E-state index < -0.39 is 10.0 Å². The monoisotopic (exact) mass is 488 g/mol. The molecule has 0 radical (unpaired) electrons. The molecule has 1 aromatic carbocycles. The van der Waals surface area contributed by atoms with Crippen LogP contribution in [-0.4, -0.2) is 66.3 Å². The van der Waals surface area contributed by atoms with Gasteiger partial charge < -0.3 is 19.9 Å². The Kier molecular flexibility index (Phi) is 7.34. The van der Waals surface area contributed by atoms with Gasteiger partial charge in [0.05, 0.1) is 17.3 Å². The Morgan fingerprint density at radius 2 is 2.06 bits per heavy atom. The van der Waals surface area contributed by atoms with E-state index in [1.165, 1.54) is 0 Å². The van der Waals surface area contributed by atoms with Crippen LogP contribution in [0.4, 0.5) is 5.82 Å². The number of aryl methyl sites for hydroxylation is 1. The zero-order valence-corrected chi connectivity index (χ0v) is 20.5. The molecule has 0 aliphatic carbocycles. The molecule has 3 aromatic rings. The number of rotatable bonds is 11. The van der Waals surface area contributed by atoms with Gasteiger partial charge in [0, 0.05) is 44.6 Å². The van der Waals surface area contributed by atoms with Gasteiger partial charge in [0.25, 0.3) is 0 Å². The van der Waals surface area contributed by atoms with E-state index >= 15 is 0 Å². The predicted molar refractivity (Wildman–Crippen MR) is 132 cm³/mol. The second kappa shape index (κ2) is 10.2. The molecule has 4 rings (SSSR count). The Labute approximate surface area is 199 Å². The summed E-state index contributed by atoms with van der Waals surface area (Å²) in [6, 6.07) is 5.87. The third-order valence-corrected chi connectivity index (χ3v) is 6.77. The zero-order chi connectivity index (χ0) is 24.3. The minimum Gasteiger partial charge on any atom is -0.382 e. The minimum atomic E-state index is -3.25. The van der Waals surface area contributed by atoms with Crippen molar-refractivity contribution in [2.24, 2.45) is 0 Å². The van der Waals surface area contributed by atoms with E-state index in [-0.39, 0.29) is 5.91 Å². The first-order chi connectivity index (χ1) is 16.3. The molecule has 1 aliphatic rings. The molecule has 3 heterocycles. The molecule has 0 bridgehead atoms. The fourth-order valence-electron chi connectivity index (χ4n) is 4.44. The number of carbonyl (C=O) groups excluding carboxylic acids is 1. The number of amides is 1. The molecule has 34 heavy (non-hydrogen) atoms. The van der Waals surface area contributed by atoms with E-state index in [1.807, 2.05) is 30.0 Å². The number of ether oxygens (including phenoxy) is 1. The lowest BCUT2D eigenvalue weighted by Gasteiger charge is -2.17. The summed E-state index contributed by atoms with van der Waals surface area (Å²) in [6.45, 7) is 5.36. The summed E-state index contributed by atoms with van der Waals surface area (Å²) in [4.78, 5) is 23.2. The molecule has 0 unspecified atom stereocenters. The second-order valence-electron chi connectivity index (χ2n) is 8.62. The van der Waals surface area contributed by atoms with Crippen LogP contribution in [0.1, 0.15) is 37.6 Å². The maximum atomic E-state index is 12.0. The average molecular weight is 489 g/mol. The van der Waals surface area contributed by atoms with Crippen molar-refractivity contribution in [1.29, 1.82) is 0 Å². The number of imidazole rings is 1. The van der Waals surface area contributed by atoms with E-state index in [4.69, 9.17) is 15.5 Å². The molecule has 3 N–H and O–H groups in total. The first-order valence-corrected chi connectivity index (χ1v) is 13.5. The number of nitrogens with zero attached hydrogens (tertiary/aromatic N) is 4. The number of sulfonamides is 1. The number of hydrogen-bond acceptors (Lipinski definition) is 7. The Bertz CT molecular complexity index is 1300. The second-order valence-corrected chi connectivity index (χ2v) is 10.4.